The van der Waals surface area contributed by atoms with Crippen molar-refractivity contribution >= 4 is 16.9 Å². The number of rotatable bonds is 2. The number of benzene rings is 2. The molecular formula is C13H11NO. The maximum absolute atomic E-state index is 10.2. The molecule has 0 aromatic heterocycles. The Morgan fingerprint density at radius 3 is 2.60 bits per heavy atom. The van der Waals surface area contributed by atoms with E-state index in [1.807, 2.05) is 31.2 Å². The summed E-state index contributed by atoms with van der Waals surface area (Å²) in [4.78, 5) is 13.9. The van der Waals surface area contributed by atoms with Gasteiger partial charge >= 0.3 is 0 Å². The molecule has 0 spiro atoms. The number of carbonyl (C=O) groups excluding carboxylic acids is 1. The van der Waals surface area contributed by atoms with Gasteiger partial charge in [0.25, 0.3) is 0 Å². The van der Waals surface area contributed by atoms with Crippen LogP contribution < -0.4 is 0 Å². The van der Waals surface area contributed by atoms with Gasteiger partial charge in [0.15, 0.2) is 0 Å². The molecule has 0 N–H and O–H groups in total. The van der Waals surface area contributed by atoms with E-state index in [9.17, 15) is 4.79 Å². The molecule has 0 radical (unpaired) electrons. The first-order valence-electron chi connectivity index (χ1n) is 4.87. The van der Waals surface area contributed by atoms with Crippen molar-refractivity contribution in [3.05, 3.63) is 48.0 Å². The minimum atomic E-state index is -0.118. The Balaban J connectivity index is 2.51. The Bertz CT molecular complexity index is 527. The second-order valence-corrected chi connectivity index (χ2v) is 3.50. The molecule has 74 valence electrons. The molecule has 0 aliphatic heterocycles. The van der Waals surface area contributed by atoms with Gasteiger partial charge in [-0.3, -0.25) is 0 Å². The van der Waals surface area contributed by atoms with Gasteiger partial charge in [-0.25, -0.2) is 4.79 Å². The van der Waals surface area contributed by atoms with E-state index in [1.54, 1.807) is 6.08 Å². The van der Waals surface area contributed by atoms with Gasteiger partial charge in [-0.05, 0) is 29.3 Å². The van der Waals surface area contributed by atoms with Crippen LogP contribution in [0, 0.1) is 0 Å². The molecule has 0 amide bonds. The first-order chi connectivity index (χ1) is 7.31. The van der Waals surface area contributed by atoms with Crippen molar-refractivity contribution in [2.45, 2.75) is 13.0 Å². The summed E-state index contributed by atoms with van der Waals surface area (Å²) in [6, 6.07) is 14.1. The molecule has 2 nitrogen and oxygen atoms in total. The van der Waals surface area contributed by atoms with E-state index in [2.05, 4.69) is 23.2 Å². The summed E-state index contributed by atoms with van der Waals surface area (Å²) in [5.74, 6) is 0. The second kappa shape index (κ2) is 4.07. The maximum atomic E-state index is 10.2. The number of fused-ring (bicyclic) bond motifs is 1. The van der Waals surface area contributed by atoms with Crippen LogP contribution in [0.5, 0.6) is 0 Å². The van der Waals surface area contributed by atoms with Gasteiger partial charge in [0.1, 0.15) is 0 Å². The highest BCUT2D eigenvalue weighted by molar-refractivity contribution is 5.83. The highest BCUT2D eigenvalue weighted by Gasteiger charge is 2.03. The normalized spacial score (nSPS) is 12.1. The van der Waals surface area contributed by atoms with Gasteiger partial charge in [0, 0.05) is 0 Å². The first kappa shape index (κ1) is 9.63. The maximum Gasteiger partial charge on any atom is 0.235 e. The molecule has 2 aromatic carbocycles. The summed E-state index contributed by atoms with van der Waals surface area (Å²) >= 11 is 0. The fourth-order valence-corrected chi connectivity index (χ4v) is 1.62. The van der Waals surface area contributed by atoms with E-state index in [0.717, 1.165) is 5.56 Å². The van der Waals surface area contributed by atoms with Crippen molar-refractivity contribution in [2.24, 2.45) is 4.99 Å². The highest BCUT2D eigenvalue weighted by atomic mass is 16.1. The molecule has 0 saturated heterocycles. The highest BCUT2D eigenvalue weighted by Crippen LogP contribution is 2.21. The first-order valence-corrected chi connectivity index (χ1v) is 4.87. The second-order valence-electron chi connectivity index (χ2n) is 3.50. The van der Waals surface area contributed by atoms with Crippen LogP contribution in [0.25, 0.3) is 10.8 Å². The molecule has 2 aromatic rings. The van der Waals surface area contributed by atoms with Crippen molar-refractivity contribution in [3.63, 3.8) is 0 Å². The third kappa shape index (κ3) is 1.95. The van der Waals surface area contributed by atoms with Crippen molar-refractivity contribution in [3.8, 4) is 0 Å². The van der Waals surface area contributed by atoms with E-state index >= 15 is 0 Å². The van der Waals surface area contributed by atoms with Gasteiger partial charge in [0.05, 0.1) is 6.04 Å². The van der Waals surface area contributed by atoms with Crippen LogP contribution in [-0.4, -0.2) is 6.08 Å². The van der Waals surface area contributed by atoms with Crippen LogP contribution in [0.4, 0.5) is 0 Å². The zero-order chi connectivity index (χ0) is 10.7. The Morgan fingerprint density at radius 1 is 1.13 bits per heavy atom. The van der Waals surface area contributed by atoms with E-state index in [1.165, 1.54) is 10.8 Å². The molecule has 15 heavy (non-hydrogen) atoms. The van der Waals surface area contributed by atoms with E-state index in [0.29, 0.717) is 0 Å². The Kier molecular flexibility index (Phi) is 2.61. The monoisotopic (exact) mass is 197 g/mol. The lowest BCUT2D eigenvalue weighted by molar-refractivity contribution is 0.559. The lowest BCUT2D eigenvalue weighted by Crippen LogP contribution is -1.88. The number of hydrogen-bond donors (Lipinski definition) is 0. The molecule has 2 rings (SSSR count). The molecular weight excluding hydrogens is 186 g/mol. The molecule has 0 heterocycles. The van der Waals surface area contributed by atoms with Crippen LogP contribution in [0.2, 0.25) is 0 Å². The summed E-state index contributed by atoms with van der Waals surface area (Å²) in [6.07, 6.45) is 1.59. The largest absolute Gasteiger partial charge is 0.235 e. The van der Waals surface area contributed by atoms with Crippen molar-refractivity contribution in [1.82, 2.24) is 0 Å². The standard InChI is InChI=1S/C13H11NO/c1-10(14-9-15)12-7-6-11-4-2-3-5-13(11)8-12/h2-8,10H,1H3/t10-/m1/s1. The minimum absolute atomic E-state index is 0.118. The third-order valence-electron chi connectivity index (χ3n) is 2.50. The summed E-state index contributed by atoms with van der Waals surface area (Å²) in [5.41, 5.74) is 1.04. The molecule has 0 saturated carbocycles. The molecule has 2 heteroatoms. The van der Waals surface area contributed by atoms with Gasteiger partial charge in [0.2, 0.25) is 6.08 Å². The SMILES string of the molecule is C[C@@H](N=C=O)c1ccc2ccccc2c1. The molecule has 0 aliphatic carbocycles. The van der Waals surface area contributed by atoms with Crippen LogP contribution in [-0.2, 0) is 4.79 Å². The fraction of sp³-hybridized carbons (Fsp3) is 0.154. The van der Waals surface area contributed by atoms with E-state index < -0.39 is 0 Å². The average Bonchev–Trinajstić information content (AvgIpc) is 2.29. The molecule has 0 aliphatic rings. The quantitative estimate of drug-likeness (QED) is 0.536. The van der Waals surface area contributed by atoms with E-state index in [4.69, 9.17) is 0 Å². The zero-order valence-electron chi connectivity index (χ0n) is 8.47. The lowest BCUT2D eigenvalue weighted by Gasteiger charge is -2.05. The van der Waals surface area contributed by atoms with Crippen molar-refractivity contribution < 1.29 is 4.79 Å². The van der Waals surface area contributed by atoms with Gasteiger partial charge in [-0.15, -0.1) is 0 Å². The van der Waals surface area contributed by atoms with Crippen molar-refractivity contribution in [2.75, 3.05) is 0 Å². The van der Waals surface area contributed by atoms with Gasteiger partial charge in [-0.1, -0.05) is 36.4 Å². The smallest absolute Gasteiger partial charge is 0.211 e. The van der Waals surface area contributed by atoms with Crippen LogP contribution in [0.1, 0.15) is 18.5 Å². The summed E-state index contributed by atoms with van der Waals surface area (Å²) in [6.45, 7) is 1.88. The minimum Gasteiger partial charge on any atom is -0.211 e. The van der Waals surface area contributed by atoms with Gasteiger partial charge in [-0.2, -0.15) is 4.99 Å². The molecule has 0 unspecified atom stereocenters. The van der Waals surface area contributed by atoms with Crippen LogP contribution >= 0.6 is 0 Å². The zero-order valence-corrected chi connectivity index (χ0v) is 8.47. The Morgan fingerprint density at radius 2 is 1.87 bits per heavy atom. The molecule has 1 atom stereocenters. The number of hydrogen-bond acceptors (Lipinski definition) is 2. The molecule has 0 bridgehead atoms. The third-order valence-corrected chi connectivity index (χ3v) is 2.50. The number of nitrogens with zero attached hydrogens (tertiary/aromatic N) is 1. The summed E-state index contributed by atoms with van der Waals surface area (Å²) < 4.78 is 0. The van der Waals surface area contributed by atoms with Crippen LogP contribution in [0.3, 0.4) is 0 Å². The average molecular weight is 197 g/mol. The predicted molar refractivity (Wildman–Crippen MR) is 60.5 cm³/mol. The number of isocyanates is 1. The molecule has 0 fully saturated rings. The number of aliphatic imine (C=N–C) groups is 1. The summed E-state index contributed by atoms with van der Waals surface area (Å²) in [7, 11) is 0. The van der Waals surface area contributed by atoms with Crippen LogP contribution in [0.15, 0.2) is 47.5 Å². The Hall–Kier alpha value is -1.92. The topological polar surface area (TPSA) is 29.4 Å². The van der Waals surface area contributed by atoms with Crippen molar-refractivity contribution in [1.29, 1.82) is 0 Å². The fourth-order valence-electron chi connectivity index (χ4n) is 1.62. The Labute approximate surface area is 88.3 Å². The lowest BCUT2D eigenvalue weighted by atomic mass is 10.0. The van der Waals surface area contributed by atoms with E-state index in [-0.39, 0.29) is 6.04 Å². The van der Waals surface area contributed by atoms with Gasteiger partial charge < -0.3 is 0 Å². The predicted octanol–water partition coefficient (Wildman–Crippen LogP) is 3.24. The summed E-state index contributed by atoms with van der Waals surface area (Å²) in [5, 5.41) is 2.37.